The molecule has 0 heterocycles. The number of halogens is 6. The Bertz CT molecular complexity index is 240. The van der Waals surface area contributed by atoms with Crippen molar-refractivity contribution in [2.24, 2.45) is 0 Å². The zero-order chi connectivity index (χ0) is 9.36. The molecule has 0 aliphatic heterocycles. The molecule has 0 aromatic carbocycles. The molecule has 2 saturated carbocycles. The van der Waals surface area contributed by atoms with Gasteiger partial charge in [0.1, 0.15) is 6.17 Å². The summed E-state index contributed by atoms with van der Waals surface area (Å²) in [7, 11) is 0. The first-order valence-electron chi connectivity index (χ1n) is 3.32. The average molecular weight is 190 g/mol. The maximum absolute atomic E-state index is 12.8. The fraction of sp³-hybridized carbons (Fsp3) is 1.00. The van der Waals surface area contributed by atoms with Crippen LogP contribution in [0.15, 0.2) is 0 Å². The highest BCUT2D eigenvalue weighted by atomic mass is 19.3. The molecule has 0 radical (unpaired) electrons. The Kier molecular flexibility index (Phi) is 1.10. The molecule has 2 aliphatic carbocycles. The van der Waals surface area contributed by atoms with E-state index in [2.05, 4.69) is 0 Å². The van der Waals surface area contributed by atoms with Gasteiger partial charge in [0.05, 0.1) is 0 Å². The summed E-state index contributed by atoms with van der Waals surface area (Å²) >= 11 is 0. The van der Waals surface area contributed by atoms with Crippen LogP contribution in [0.3, 0.4) is 0 Å². The Hall–Kier alpha value is -0.420. The zero-order valence-corrected chi connectivity index (χ0v) is 5.63. The molecule has 0 aromatic heterocycles. The van der Waals surface area contributed by atoms with Gasteiger partial charge in [0, 0.05) is 6.42 Å². The number of hydrogen-bond acceptors (Lipinski definition) is 0. The van der Waals surface area contributed by atoms with E-state index in [1.54, 1.807) is 0 Å². The maximum Gasteiger partial charge on any atom is 0.321 e. The molecule has 0 bridgehead atoms. The molecule has 4 unspecified atom stereocenters. The molecular formula is C6H4F6. The monoisotopic (exact) mass is 190 g/mol. The van der Waals surface area contributed by atoms with Crippen molar-refractivity contribution in [2.75, 3.05) is 0 Å². The van der Waals surface area contributed by atoms with E-state index < -0.39 is 36.0 Å². The van der Waals surface area contributed by atoms with Crippen molar-refractivity contribution in [3.05, 3.63) is 0 Å². The van der Waals surface area contributed by atoms with Crippen LogP contribution in [0, 0.1) is 0 Å². The van der Waals surface area contributed by atoms with Gasteiger partial charge in [-0.1, -0.05) is 0 Å². The molecule has 0 saturated heterocycles. The molecule has 0 nitrogen and oxygen atoms in total. The topological polar surface area (TPSA) is 0 Å². The lowest BCUT2D eigenvalue weighted by Gasteiger charge is -2.08. The van der Waals surface area contributed by atoms with Crippen molar-refractivity contribution in [2.45, 2.75) is 36.0 Å². The molecule has 4 atom stereocenters. The van der Waals surface area contributed by atoms with E-state index in [0.29, 0.717) is 0 Å². The summed E-state index contributed by atoms with van der Waals surface area (Å²) in [5.41, 5.74) is -7.21. The van der Waals surface area contributed by atoms with Crippen LogP contribution in [-0.2, 0) is 0 Å². The van der Waals surface area contributed by atoms with Crippen LogP contribution in [0.5, 0.6) is 0 Å². The largest absolute Gasteiger partial charge is 0.321 e. The second kappa shape index (κ2) is 1.61. The summed E-state index contributed by atoms with van der Waals surface area (Å²) in [4.78, 5) is 0. The van der Waals surface area contributed by atoms with E-state index in [1.807, 2.05) is 0 Å². The predicted octanol–water partition coefficient (Wildman–Crippen LogP) is 2.13. The highest BCUT2D eigenvalue weighted by Crippen LogP contribution is 2.71. The van der Waals surface area contributed by atoms with E-state index in [4.69, 9.17) is 0 Å². The van der Waals surface area contributed by atoms with Gasteiger partial charge >= 0.3 is 5.92 Å². The zero-order valence-electron chi connectivity index (χ0n) is 5.63. The van der Waals surface area contributed by atoms with E-state index in [0.717, 1.165) is 0 Å². The van der Waals surface area contributed by atoms with E-state index in [-0.39, 0.29) is 0 Å². The Morgan fingerprint density at radius 1 is 1.00 bits per heavy atom. The van der Waals surface area contributed by atoms with E-state index in [9.17, 15) is 26.3 Å². The van der Waals surface area contributed by atoms with Gasteiger partial charge in [-0.2, -0.15) is 8.78 Å². The van der Waals surface area contributed by atoms with Gasteiger partial charge < -0.3 is 0 Å². The first kappa shape index (κ1) is 8.19. The fourth-order valence-corrected chi connectivity index (χ4v) is 1.40. The van der Waals surface area contributed by atoms with E-state index >= 15 is 0 Å². The highest BCUT2D eigenvalue weighted by molar-refractivity contribution is 5.38. The molecule has 6 heteroatoms. The molecule has 2 fully saturated rings. The first-order chi connectivity index (χ1) is 5.28. The van der Waals surface area contributed by atoms with Crippen LogP contribution in [0.2, 0.25) is 0 Å². The summed E-state index contributed by atoms with van der Waals surface area (Å²) in [6.45, 7) is 0. The second-order valence-corrected chi connectivity index (χ2v) is 3.23. The third kappa shape index (κ3) is 0.527. The Balaban J connectivity index is 2.27. The van der Waals surface area contributed by atoms with Crippen LogP contribution >= 0.6 is 0 Å². The van der Waals surface area contributed by atoms with Gasteiger partial charge in [0.15, 0.2) is 5.67 Å². The van der Waals surface area contributed by atoms with Crippen LogP contribution in [0.1, 0.15) is 6.42 Å². The van der Waals surface area contributed by atoms with Crippen molar-refractivity contribution in [1.82, 2.24) is 0 Å². The smallest absolute Gasteiger partial charge is 0.244 e. The van der Waals surface area contributed by atoms with Crippen LogP contribution in [0.4, 0.5) is 26.3 Å². The van der Waals surface area contributed by atoms with Crippen LogP contribution < -0.4 is 0 Å². The first-order valence-corrected chi connectivity index (χ1v) is 3.32. The highest BCUT2D eigenvalue weighted by Gasteiger charge is 2.97. The van der Waals surface area contributed by atoms with Gasteiger partial charge in [-0.05, 0) is 0 Å². The maximum atomic E-state index is 12.8. The van der Waals surface area contributed by atoms with Crippen molar-refractivity contribution in [3.8, 4) is 0 Å². The third-order valence-electron chi connectivity index (χ3n) is 2.49. The SMILES string of the molecule is FC1CC1(F)C1(F)C(F)C1(F)F. The van der Waals surface area contributed by atoms with Gasteiger partial charge in [-0.15, -0.1) is 0 Å². The normalized spacial score (nSPS) is 61.5. The quantitative estimate of drug-likeness (QED) is 0.555. The van der Waals surface area contributed by atoms with Crippen molar-refractivity contribution in [1.29, 1.82) is 0 Å². The minimum atomic E-state index is -4.36. The molecule has 0 amide bonds. The fourth-order valence-electron chi connectivity index (χ4n) is 1.40. The van der Waals surface area contributed by atoms with Gasteiger partial charge in [-0.3, -0.25) is 0 Å². The molecule has 0 spiro atoms. The summed E-state index contributed by atoms with van der Waals surface area (Å²) in [5, 5.41) is 0. The minimum Gasteiger partial charge on any atom is -0.244 e. The second-order valence-electron chi connectivity index (χ2n) is 3.23. The lowest BCUT2D eigenvalue weighted by Crippen LogP contribution is -2.31. The summed E-state index contributed by atoms with van der Waals surface area (Å²) in [6, 6.07) is 0. The van der Waals surface area contributed by atoms with Gasteiger partial charge in [0.25, 0.3) is 0 Å². The van der Waals surface area contributed by atoms with Gasteiger partial charge in [0.2, 0.25) is 11.8 Å². The van der Waals surface area contributed by atoms with Gasteiger partial charge in [-0.25, -0.2) is 17.6 Å². The predicted molar refractivity (Wildman–Crippen MR) is 27.0 cm³/mol. The molecule has 12 heavy (non-hydrogen) atoms. The standard InChI is InChI=1S/C6H4F6/c7-2-1-4(2,9)5(10)3(8)6(5,11)12/h2-3H,1H2. The van der Waals surface area contributed by atoms with Crippen LogP contribution in [-0.4, -0.2) is 29.6 Å². The molecule has 2 aliphatic rings. The molecule has 2 rings (SSSR count). The van der Waals surface area contributed by atoms with Crippen molar-refractivity contribution >= 4 is 0 Å². The molecular weight excluding hydrogens is 186 g/mol. The lowest BCUT2D eigenvalue weighted by atomic mass is 10.2. The summed E-state index contributed by atoms with van der Waals surface area (Å²) in [5.74, 6) is -4.36. The molecule has 70 valence electrons. The van der Waals surface area contributed by atoms with Crippen molar-refractivity contribution in [3.63, 3.8) is 0 Å². The Labute approximate surface area is 63.5 Å². The summed E-state index contributed by atoms with van der Waals surface area (Å²) < 4.78 is 74.0. The number of alkyl halides is 6. The van der Waals surface area contributed by atoms with E-state index in [1.165, 1.54) is 0 Å². The average Bonchev–Trinajstić information content (AvgIpc) is 2.67. The minimum absolute atomic E-state index is 0.973. The molecule has 0 N–H and O–H groups in total. The number of rotatable bonds is 1. The molecule has 0 aromatic rings. The Morgan fingerprint density at radius 3 is 1.42 bits per heavy atom. The summed E-state index contributed by atoms with van der Waals surface area (Å²) in [6.07, 6.45) is -6.47. The van der Waals surface area contributed by atoms with Crippen molar-refractivity contribution < 1.29 is 26.3 Å². The lowest BCUT2D eigenvalue weighted by molar-refractivity contribution is -0.0154. The number of hydrogen-bond donors (Lipinski definition) is 0. The Morgan fingerprint density at radius 2 is 1.33 bits per heavy atom. The third-order valence-corrected chi connectivity index (χ3v) is 2.49. The van der Waals surface area contributed by atoms with Crippen LogP contribution in [0.25, 0.3) is 0 Å².